The number of carbonyl (C=O) groups excluding carboxylic acids is 1. The normalized spacial score (nSPS) is 14.2. The molecule has 0 spiro atoms. The van der Waals surface area contributed by atoms with Crippen LogP contribution in [0, 0.1) is 0 Å². The molecule has 0 aromatic heterocycles. The van der Waals surface area contributed by atoms with E-state index in [9.17, 15) is 4.79 Å². The molecule has 78 valence electrons. The highest BCUT2D eigenvalue weighted by molar-refractivity contribution is 6.65. The molecule has 0 aromatic rings. The van der Waals surface area contributed by atoms with Gasteiger partial charge in [0.1, 0.15) is 6.29 Å². The summed E-state index contributed by atoms with van der Waals surface area (Å²) in [5.41, 5.74) is 4.99. The van der Waals surface area contributed by atoms with E-state index in [2.05, 4.69) is 0 Å². The molecule has 0 saturated heterocycles. The molecule has 0 aliphatic heterocycles. The number of hydrogen-bond acceptors (Lipinski definition) is 5. The summed E-state index contributed by atoms with van der Waals surface area (Å²) in [7, 11) is 1.62. The van der Waals surface area contributed by atoms with Crippen LogP contribution in [0.15, 0.2) is 0 Å². The summed E-state index contributed by atoms with van der Waals surface area (Å²) in [6.45, 7) is 0.411. The second-order valence-electron chi connectivity index (χ2n) is 2.54. The summed E-state index contributed by atoms with van der Waals surface area (Å²) in [4.78, 5) is 10.8. The first-order valence-electron chi connectivity index (χ1n) is 4.01. The topological polar surface area (TPSA) is 70.8 Å². The standard InChI is InChI=1S/C7H17NO4Si/c1-10-13(11-2,12-3)7(6-9)4-5-8/h6-7H,4-5,8H2,1-3H3. The van der Waals surface area contributed by atoms with Gasteiger partial charge >= 0.3 is 8.80 Å². The van der Waals surface area contributed by atoms with Gasteiger partial charge in [-0.1, -0.05) is 0 Å². The zero-order chi connectivity index (χ0) is 10.3. The minimum absolute atomic E-state index is 0.377. The van der Waals surface area contributed by atoms with E-state index in [1.165, 1.54) is 21.3 Å². The Hall–Kier alpha value is -0.273. The Morgan fingerprint density at radius 1 is 1.31 bits per heavy atom. The quantitative estimate of drug-likeness (QED) is 0.462. The van der Waals surface area contributed by atoms with Crippen LogP contribution in [0.3, 0.4) is 0 Å². The van der Waals surface area contributed by atoms with Crippen molar-refractivity contribution in [3.63, 3.8) is 0 Å². The molecule has 0 radical (unpaired) electrons. The molecule has 0 fully saturated rings. The predicted octanol–water partition coefficient (Wildman–Crippen LogP) is -0.218. The third kappa shape index (κ3) is 2.85. The smallest absolute Gasteiger partial charge is 0.376 e. The van der Waals surface area contributed by atoms with Gasteiger partial charge in [-0.2, -0.15) is 0 Å². The molecule has 0 aliphatic rings. The van der Waals surface area contributed by atoms with Crippen LogP contribution in [-0.2, 0) is 18.1 Å². The highest BCUT2D eigenvalue weighted by atomic mass is 28.4. The van der Waals surface area contributed by atoms with Crippen LogP contribution >= 0.6 is 0 Å². The Morgan fingerprint density at radius 2 is 1.77 bits per heavy atom. The average Bonchev–Trinajstić information content (AvgIpc) is 2.19. The van der Waals surface area contributed by atoms with Gasteiger partial charge in [-0.25, -0.2) is 0 Å². The number of rotatable bonds is 7. The predicted molar refractivity (Wildman–Crippen MR) is 50.3 cm³/mol. The molecule has 0 bridgehead atoms. The highest BCUT2D eigenvalue weighted by Crippen LogP contribution is 2.24. The maximum Gasteiger partial charge on any atom is 0.510 e. The minimum Gasteiger partial charge on any atom is -0.376 e. The van der Waals surface area contributed by atoms with Crippen LogP contribution in [0.4, 0.5) is 0 Å². The van der Waals surface area contributed by atoms with Gasteiger partial charge in [0.05, 0.1) is 5.54 Å². The number of hydrogen-bond donors (Lipinski definition) is 1. The van der Waals surface area contributed by atoms with Gasteiger partial charge in [0.15, 0.2) is 0 Å². The zero-order valence-electron chi connectivity index (χ0n) is 8.28. The maximum atomic E-state index is 10.8. The molecule has 0 heterocycles. The lowest BCUT2D eigenvalue weighted by atomic mass is 10.3. The summed E-state index contributed by atoms with van der Waals surface area (Å²) in [6.07, 6.45) is 1.31. The lowest BCUT2D eigenvalue weighted by molar-refractivity contribution is -0.109. The fourth-order valence-electron chi connectivity index (χ4n) is 1.21. The molecule has 0 saturated carbocycles. The van der Waals surface area contributed by atoms with Gasteiger partial charge in [0.2, 0.25) is 0 Å². The van der Waals surface area contributed by atoms with Crippen LogP contribution in [0.2, 0.25) is 5.54 Å². The molecule has 0 amide bonds. The van der Waals surface area contributed by atoms with Gasteiger partial charge in [0.25, 0.3) is 0 Å². The fourth-order valence-corrected chi connectivity index (χ4v) is 3.31. The van der Waals surface area contributed by atoms with Crippen LogP contribution < -0.4 is 5.73 Å². The number of aldehydes is 1. The van der Waals surface area contributed by atoms with E-state index in [1.807, 2.05) is 0 Å². The van der Waals surface area contributed by atoms with Crippen molar-refractivity contribution in [3.05, 3.63) is 0 Å². The number of nitrogens with two attached hydrogens (primary N) is 1. The molecule has 13 heavy (non-hydrogen) atoms. The Kier molecular flexibility index (Phi) is 6.09. The van der Waals surface area contributed by atoms with Crippen LogP contribution in [0.25, 0.3) is 0 Å². The summed E-state index contributed by atoms with van der Waals surface area (Å²) < 4.78 is 15.4. The van der Waals surface area contributed by atoms with Crippen molar-refractivity contribution in [2.45, 2.75) is 12.0 Å². The summed E-state index contributed by atoms with van der Waals surface area (Å²) in [6, 6.07) is 0. The number of carbonyl (C=O) groups is 1. The second-order valence-corrected chi connectivity index (χ2v) is 5.71. The van der Waals surface area contributed by atoms with Gasteiger partial charge in [-0.05, 0) is 13.0 Å². The van der Waals surface area contributed by atoms with Crippen LogP contribution in [0.5, 0.6) is 0 Å². The molecule has 2 N–H and O–H groups in total. The van der Waals surface area contributed by atoms with Crippen LogP contribution in [-0.4, -0.2) is 43.0 Å². The molecule has 5 nitrogen and oxygen atoms in total. The van der Waals surface area contributed by atoms with E-state index < -0.39 is 8.80 Å². The first-order chi connectivity index (χ1) is 6.20. The van der Waals surface area contributed by atoms with Gasteiger partial charge < -0.3 is 23.8 Å². The van der Waals surface area contributed by atoms with E-state index in [0.29, 0.717) is 13.0 Å². The van der Waals surface area contributed by atoms with E-state index >= 15 is 0 Å². The average molecular weight is 207 g/mol. The Labute approximate surface area is 79.5 Å². The lowest BCUT2D eigenvalue weighted by Gasteiger charge is -2.28. The first kappa shape index (κ1) is 12.7. The first-order valence-corrected chi connectivity index (χ1v) is 5.81. The van der Waals surface area contributed by atoms with Crippen molar-refractivity contribution in [1.82, 2.24) is 0 Å². The zero-order valence-corrected chi connectivity index (χ0v) is 9.28. The lowest BCUT2D eigenvalue weighted by Crippen LogP contribution is -2.48. The molecular weight excluding hydrogens is 190 g/mol. The van der Waals surface area contributed by atoms with Gasteiger partial charge in [-0.3, -0.25) is 0 Å². The van der Waals surface area contributed by atoms with Crippen molar-refractivity contribution < 1.29 is 18.1 Å². The maximum absolute atomic E-state index is 10.8. The van der Waals surface area contributed by atoms with Crippen molar-refractivity contribution in [2.24, 2.45) is 5.73 Å². The Morgan fingerprint density at radius 3 is 2.00 bits per heavy atom. The molecular formula is C7H17NO4Si. The SMILES string of the molecule is CO[Si](OC)(OC)C(C=O)CCN. The third-order valence-electron chi connectivity index (χ3n) is 1.95. The molecule has 1 unspecified atom stereocenters. The Bertz CT molecular complexity index is 143. The molecule has 1 atom stereocenters. The summed E-state index contributed by atoms with van der Waals surface area (Å²) in [5, 5.41) is 0. The monoisotopic (exact) mass is 207 g/mol. The fraction of sp³-hybridized carbons (Fsp3) is 0.857. The minimum atomic E-state index is -2.82. The van der Waals surface area contributed by atoms with Gasteiger partial charge in [-0.15, -0.1) is 0 Å². The Balaban J connectivity index is 4.54. The second kappa shape index (κ2) is 6.22. The van der Waals surface area contributed by atoms with E-state index in [-0.39, 0.29) is 5.54 Å². The largest absolute Gasteiger partial charge is 0.510 e. The summed E-state index contributed by atoms with van der Waals surface area (Å²) >= 11 is 0. The third-order valence-corrected chi connectivity index (χ3v) is 4.99. The van der Waals surface area contributed by atoms with Crippen molar-refractivity contribution in [3.8, 4) is 0 Å². The molecule has 6 heteroatoms. The highest BCUT2D eigenvalue weighted by Gasteiger charge is 2.46. The van der Waals surface area contributed by atoms with E-state index in [1.54, 1.807) is 0 Å². The van der Waals surface area contributed by atoms with E-state index in [0.717, 1.165) is 6.29 Å². The van der Waals surface area contributed by atoms with Crippen molar-refractivity contribution >= 4 is 15.1 Å². The molecule has 0 aliphatic carbocycles. The van der Waals surface area contributed by atoms with Crippen molar-refractivity contribution in [1.29, 1.82) is 0 Å². The molecule has 0 aromatic carbocycles. The molecule has 0 rings (SSSR count). The van der Waals surface area contributed by atoms with Crippen LogP contribution in [0.1, 0.15) is 6.42 Å². The van der Waals surface area contributed by atoms with Crippen molar-refractivity contribution in [2.75, 3.05) is 27.9 Å². The van der Waals surface area contributed by atoms with Gasteiger partial charge in [0, 0.05) is 21.3 Å². The summed E-state index contributed by atoms with van der Waals surface area (Å²) in [5.74, 6) is 0. The van der Waals surface area contributed by atoms with E-state index in [4.69, 9.17) is 19.0 Å².